The van der Waals surface area contributed by atoms with Gasteiger partial charge in [-0.25, -0.2) is 14.8 Å². The van der Waals surface area contributed by atoms with Gasteiger partial charge in [0.1, 0.15) is 6.61 Å². The van der Waals surface area contributed by atoms with Crippen LogP contribution in [0, 0.1) is 0 Å². The maximum absolute atomic E-state index is 12.8. The molecule has 1 saturated heterocycles. The first kappa shape index (κ1) is 19.7. The maximum atomic E-state index is 12.8. The number of hydrogen-bond acceptors (Lipinski definition) is 8. The van der Waals surface area contributed by atoms with Crippen LogP contribution in [0.3, 0.4) is 0 Å². The number of likely N-dealkylation sites (tertiary alicyclic amines) is 1. The molecule has 3 aromatic rings. The van der Waals surface area contributed by atoms with Gasteiger partial charge in [-0.05, 0) is 43.5 Å². The van der Waals surface area contributed by atoms with E-state index in [9.17, 15) is 9.59 Å². The molecule has 1 amide bonds. The minimum absolute atomic E-state index is 0.0112. The Morgan fingerprint density at radius 2 is 1.97 bits per heavy atom. The van der Waals surface area contributed by atoms with E-state index in [1.54, 1.807) is 12.3 Å². The fourth-order valence-corrected chi connectivity index (χ4v) is 4.92. The molecular formula is C22H22N4O4S. The van der Waals surface area contributed by atoms with Crippen molar-refractivity contribution in [3.63, 3.8) is 0 Å². The van der Waals surface area contributed by atoms with Crippen LogP contribution in [0.4, 0.5) is 11.5 Å². The quantitative estimate of drug-likeness (QED) is 0.577. The lowest BCUT2D eigenvalue weighted by Crippen LogP contribution is -2.36. The lowest BCUT2D eigenvalue weighted by atomic mass is 10.1. The number of esters is 1. The number of amides is 1. The van der Waals surface area contributed by atoms with E-state index in [2.05, 4.69) is 14.9 Å². The van der Waals surface area contributed by atoms with Crippen LogP contribution < -0.4 is 9.64 Å². The second kappa shape index (κ2) is 8.14. The molecule has 2 aliphatic rings. The molecule has 8 nitrogen and oxygen atoms in total. The summed E-state index contributed by atoms with van der Waals surface area (Å²) in [6, 6.07) is 7.62. The van der Waals surface area contributed by atoms with Gasteiger partial charge in [0.05, 0.1) is 29.4 Å². The molecule has 1 fully saturated rings. The molecule has 0 N–H and O–H groups in total. The van der Waals surface area contributed by atoms with E-state index >= 15 is 0 Å². The summed E-state index contributed by atoms with van der Waals surface area (Å²) in [5, 5.41) is 0.330. The third-order valence-corrected chi connectivity index (χ3v) is 6.59. The zero-order valence-corrected chi connectivity index (χ0v) is 18.0. The van der Waals surface area contributed by atoms with Gasteiger partial charge in [-0.15, -0.1) is 11.3 Å². The Morgan fingerprint density at radius 1 is 1.13 bits per heavy atom. The Morgan fingerprint density at radius 3 is 2.77 bits per heavy atom. The molecule has 0 spiro atoms. The summed E-state index contributed by atoms with van der Waals surface area (Å²) >= 11 is 1.30. The van der Waals surface area contributed by atoms with E-state index in [1.165, 1.54) is 24.9 Å². The molecule has 2 aliphatic heterocycles. The normalized spacial score (nSPS) is 16.0. The Kier molecular flexibility index (Phi) is 5.19. The predicted molar refractivity (Wildman–Crippen MR) is 117 cm³/mol. The van der Waals surface area contributed by atoms with Crippen molar-refractivity contribution in [3.05, 3.63) is 41.0 Å². The molecular weight excluding hydrogens is 416 g/mol. The van der Waals surface area contributed by atoms with Crippen molar-refractivity contribution in [2.24, 2.45) is 0 Å². The van der Waals surface area contributed by atoms with Crippen molar-refractivity contribution in [2.45, 2.75) is 19.3 Å². The van der Waals surface area contributed by atoms with Gasteiger partial charge in [0, 0.05) is 25.0 Å². The van der Waals surface area contributed by atoms with Crippen LogP contribution >= 0.6 is 11.3 Å². The molecule has 0 atom stereocenters. The summed E-state index contributed by atoms with van der Waals surface area (Å²) in [7, 11) is 1.35. The van der Waals surface area contributed by atoms with Gasteiger partial charge in [0.2, 0.25) is 5.01 Å². The van der Waals surface area contributed by atoms with Crippen molar-refractivity contribution in [1.29, 1.82) is 0 Å². The topological polar surface area (TPSA) is 84.9 Å². The standard InChI is InChI=1S/C22H22N4O4S/c1-29-22(28)20-24-16-6-5-15(12-18(16)31-20)26-9-10-30-17-11-14(13-23-19(17)26)21(27)25-7-3-2-4-8-25/h5-6,11-13H,2-4,7-10H2,1H3. The van der Waals surface area contributed by atoms with E-state index in [4.69, 9.17) is 9.47 Å². The molecule has 4 heterocycles. The van der Waals surface area contributed by atoms with Crippen LogP contribution in [0.15, 0.2) is 30.5 Å². The van der Waals surface area contributed by atoms with Gasteiger partial charge in [-0.2, -0.15) is 0 Å². The molecule has 31 heavy (non-hydrogen) atoms. The van der Waals surface area contributed by atoms with Gasteiger partial charge in [-0.1, -0.05) is 0 Å². The number of nitrogens with zero attached hydrogens (tertiary/aromatic N) is 4. The maximum Gasteiger partial charge on any atom is 0.367 e. The number of anilines is 2. The van der Waals surface area contributed by atoms with E-state index < -0.39 is 5.97 Å². The minimum Gasteiger partial charge on any atom is -0.488 e. The first-order chi connectivity index (χ1) is 15.1. The summed E-state index contributed by atoms with van der Waals surface area (Å²) in [6.45, 7) is 2.72. The smallest absolute Gasteiger partial charge is 0.367 e. The highest BCUT2D eigenvalue weighted by molar-refractivity contribution is 7.20. The minimum atomic E-state index is -0.438. The van der Waals surface area contributed by atoms with Gasteiger partial charge >= 0.3 is 5.97 Å². The van der Waals surface area contributed by atoms with Crippen molar-refractivity contribution in [1.82, 2.24) is 14.9 Å². The van der Waals surface area contributed by atoms with E-state index in [-0.39, 0.29) is 5.91 Å². The fourth-order valence-electron chi connectivity index (χ4n) is 4.00. The van der Waals surface area contributed by atoms with Crippen LogP contribution in [-0.4, -0.2) is 60.1 Å². The van der Waals surface area contributed by atoms with E-state index in [0.29, 0.717) is 35.3 Å². The Labute approximate surface area is 183 Å². The van der Waals surface area contributed by atoms with Crippen molar-refractivity contribution < 1.29 is 19.1 Å². The molecule has 0 unspecified atom stereocenters. The Bertz CT molecular complexity index is 1160. The number of rotatable bonds is 3. The van der Waals surface area contributed by atoms with Gasteiger partial charge in [0.15, 0.2) is 11.6 Å². The Hall–Kier alpha value is -3.20. The number of carbonyl (C=O) groups is 2. The zero-order chi connectivity index (χ0) is 21.4. The number of methoxy groups -OCH3 is 1. The summed E-state index contributed by atoms with van der Waals surface area (Å²) in [6.07, 6.45) is 4.91. The number of thiazole rings is 1. The average molecular weight is 439 g/mol. The van der Waals surface area contributed by atoms with Crippen molar-refractivity contribution >= 4 is 44.9 Å². The largest absolute Gasteiger partial charge is 0.488 e. The second-order valence-electron chi connectivity index (χ2n) is 7.56. The summed E-state index contributed by atoms with van der Waals surface area (Å²) in [5.74, 6) is 0.858. The number of pyridine rings is 1. The highest BCUT2D eigenvalue weighted by atomic mass is 32.1. The van der Waals surface area contributed by atoms with Gasteiger partial charge in [0.25, 0.3) is 5.91 Å². The lowest BCUT2D eigenvalue weighted by molar-refractivity contribution is 0.0600. The number of piperidine rings is 1. The summed E-state index contributed by atoms with van der Waals surface area (Å²) in [5.41, 5.74) is 2.24. The molecule has 2 aromatic heterocycles. The first-order valence-corrected chi connectivity index (χ1v) is 11.1. The molecule has 9 heteroatoms. The average Bonchev–Trinajstić information content (AvgIpc) is 3.26. The zero-order valence-electron chi connectivity index (χ0n) is 17.2. The summed E-state index contributed by atoms with van der Waals surface area (Å²) < 4.78 is 11.5. The fraction of sp³-hybridized carbons (Fsp3) is 0.364. The number of ether oxygens (including phenoxy) is 2. The van der Waals surface area contributed by atoms with Crippen LogP contribution in [0.2, 0.25) is 0 Å². The third kappa shape index (κ3) is 3.69. The van der Waals surface area contributed by atoms with Crippen molar-refractivity contribution in [3.8, 4) is 5.75 Å². The second-order valence-corrected chi connectivity index (χ2v) is 8.59. The van der Waals surface area contributed by atoms with Gasteiger partial charge in [-0.3, -0.25) is 4.79 Å². The Balaban J connectivity index is 1.44. The molecule has 160 valence electrons. The number of hydrogen-bond donors (Lipinski definition) is 0. The van der Waals surface area contributed by atoms with Crippen molar-refractivity contribution in [2.75, 3.05) is 38.3 Å². The number of fused-ring (bicyclic) bond motifs is 2. The third-order valence-electron chi connectivity index (χ3n) is 5.59. The highest BCUT2D eigenvalue weighted by Gasteiger charge is 2.25. The number of aromatic nitrogens is 2. The molecule has 0 bridgehead atoms. The SMILES string of the molecule is COC(=O)c1nc2ccc(N3CCOc4cc(C(=O)N5CCCCC5)cnc43)cc2s1. The first-order valence-electron chi connectivity index (χ1n) is 10.3. The van der Waals surface area contributed by atoms with Crippen LogP contribution in [0.5, 0.6) is 5.75 Å². The highest BCUT2D eigenvalue weighted by Crippen LogP contribution is 2.37. The molecule has 5 rings (SSSR count). The lowest BCUT2D eigenvalue weighted by Gasteiger charge is -2.31. The molecule has 0 radical (unpaired) electrons. The summed E-state index contributed by atoms with van der Waals surface area (Å²) in [4.78, 5) is 37.5. The van der Waals surface area contributed by atoms with Crippen LogP contribution in [0.1, 0.15) is 39.4 Å². The van der Waals surface area contributed by atoms with E-state index in [0.717, 1.165) is 41.8 Å². The predicted octanol–water partition coefficient (Wildman–Crippen LogP) is 3.63. The van der Waals surface area contributed by atoms with Gasteiger partial charge < -0.3 is 19.3 Å². The van der Waals surface area contributed by atoms with Crippen LogP contribution in [0.25, 0.3) is 10.2 Å². The molecule has 0 aliphatic carbocycles. The molecule has 0 saturated carbocycles. The van der Waals surface area contributed by atoms with E-state index in [1.807, 2.05) is 23.1 Å². The molecule has 1 aromatic carbocycles. The van der Waals surface area contributed by atoms with Crippen LogP contribution in [-0.2, 0) is 4.74 Å². The number of carbonyl (C=O) groups excluding carboxylic acids is 2. The number of benzene rings is 1. The monoisotopic (exact) mass is 438 g/mol.